The summed E-state index contributed by atoms with van der Waals surface area (Å²) in [7, 11) is 0. The van der Waals surface area contributed by atoms with Gasteiger partial charge in [-0.15, -0.1) is 15.3 Å². The number of rotatable bonds is 5. The van der Waals surface area contributed by atoms with E-state index in [1.807, 2.05) is 12.1 Å². The molecule has 3 aromatic rings. The van der Waals surface area contributed by atoms with E-state index in [0.717, 1.165) is 51.5 Å². The van der Waals surface area contributed by atoms with Gasteiger partial charge in [0.05, 0.1) is 5.56 Å². The lowest BCUT2D eigenvalue weighted by molar-refractivity contribution is -0.0293. The van der Waals surface area contributed by atoms with Gasteiger partial charge in [0.15, 0.2) is 11.5 Å². The fourth-order valence-electron chi connectivity index (χ4n) is 4.67. The molecule has 0 bridgehead atoms. The van der Waals surface area contributed by atoms with Crippen molar-refractivity contribution in [3.8, 4) is 11.4 Å². The molecule has 7 nitrogen and oxygen atoms in total. The molecular formula is C22H27FN6O. The molecule has 0 amide bonds. The van der Waals surface area contributed by atoms with Crippen LogP contribution in [-0.2, 0) is 4.74 Å². The molecule has 0 spiro atoms. The first-order chi connectivity index (χ1) is 14.8. The van der Waals surface area contributed by atoms with Crippen molar-refractivity contribution < 1.29 is 9.13 Å². The summed E-state index contributed by atoms with van der Waals surface area (Å²) in [6.07, 6.45) is 5.89. The zero-order valence-corrected chi connectivity index (χ0v) is 17.1. The zero-order valence-electron chi connectivity index (χ0n) is 17.1. The van der Waals surface area contributed by atoms with E-state index >= 15 is 0 Å². The van der Waals surface area contributed by atoms with Crippen LogP contribution in [0.2, 0.25) is 0 Å². The van der Waals surface area contributed by atoms with Crippen molar-refractivity contribution in [1.82, 2.24) is 24.7 Å². The normalized spacial score (nSPS) is 19.8. The van der Waals surface area contributed by atoms with Crippen LogP contribution in [0.1, 0.15) is 32.1 Å². The van der Waals surface area contributed by atoms with E-state index in [1.165, 1.54) is 25.3 Å². The Morgan fingerprint density at radius 2 is 1.80 bits per heavy atom. The summed E-state index contributed by atoms with van der Waals surface area (Å²) in [6, 6.07) is 10.3. The van der Waals surface area contributed by atoms with Gasteiger partial charge in [0.1, 0.15) is 11.6 Å². The highest BCUT2D eigenvalue weighted by atomic mass is 19.1. The van der Waals surface area contributed by atoms with Gasteiger partial charge >= 0.3 is 0 Å². The molecule has 30 heavy (non-hydrogen) atoms. The van der Waals surface area contributed by atoms with Crippen LogP contribution in [0.15, 0.2) is 36.4 Å². The highest BCUT2D eigenvalue weighted by molar-refractivity contribution is 5.60. The number of nitrogens with one attached hydrogen (secondary N) is 1. The number of hydrogen-bond donors (Lipinski definition) is 1. The molecule has 0 unspecified atom stereocenters. The molecule has 158 valence electrons. The Kier molecular flexibility index (Phi) is 5.35. The van der Waals surface area contributed by atoms with Gasteiger partial charge in [-0.25, -0.2) is 4.39 Å². The van der Waals surface area contributed by atoms with Gasteiger partial charge in [-0.2, -0.15) is 4.52 Å². The van der Waals surface area contributed by atoms with E-state index in [2.05, 4.69) is 25.5 Å². The third kappa shape index (κ3) is 3.65. The molecule has 2 aliphatic heterocycles. The van der Waals surface area contributed by atoms with Crippen molar-refractivity contribution in [2.75, 3.05) is 38.2 Å². The summed E-state index contributed by atoms with van der Waals surface area (Å²) < 4.78 is 21.6. The minimum Gasteiger partial charge on any atom is -0.381 e. The Labute approximate surface area is 175 Å². The number of piperidine rings is 1. The maximum Gasteiger partial charge on any atom is 0.188 e. The van der Waals surface area contributed by atoms with Crippen LogP contribution in [0.3, 0.4) is 0 Å². The maximum atomic E-state index is 14.3. The number of benzene rings is 1. The zero-order chi connectivity index (χ0) is 20.4. The molecule has 8 heteroatoms. The largest absolute Gasteiger partial charge is 0.381 e. The van der Waals surface area contributed by atoms with Crippen molar-refractivity contribution in [2.45, 2.75) is 37.6 Å². The monoisotopic (exact) mass is 410 g/mol. The summed E-state index contributed by atoms with van der Waals surface area (Å²) in [5.41, 5.74) is 1.08. The second-order valence-corrected chi connectivity index (χ2v) is 8.23. The second kappa shape index (κ2) is 8.28. The average Bonchev–Trinajstić information content (AvgIpc) is 3.22. The quantitative estimate of drug-likeness (QED) is 0.696. The molecule has 1 aromatic carbocycles. The molecule has 2 aromatic heterocycles. The van der Waals surface area contributed by atoms with E-state index in [4.69, 9.17) is 4.74 Å². The number of fused-ring (bicyclic) bond motifs is 1. The molecule has 0 aliphatic carbocycles. The van der Waals surface area contributed by atoms with Crippen molar-refractivity contribution in [3.63, 3.8) is 0 Å². The van der Waals surface area contributed by atoms with Crippen LogP contribution in [0, 0.1) is 5.82 Å². The number of ether oxygens (including phenoxy) is 1. The van der Waals surface area contributed by atoms with E-state index in [0.29, 0.717) is 17.0 Å². The van der Waals surface area contributed by atoms with Crippen molar-refractivity contribution >= 4 is 11.5 Å². The van der Waals surface area contributed by atoms with Crippen LogP contribution in [0.4, 0.5) is 10.2 Å². The molecular weight excluding hydrogens is 383 g/mol. The van der Waals surface area contributed by atoms with Crippen LogP contribution < -0.4 is 5.32 Å². The summed E-state index contributed by atoms with van der Waals surface area (Å²) in [5.74, 6) is 0.810. The molecule has 0 atom stereocenters. The van der Waals surface area contributed by atoms with Gasteiger partial charge in [0.2, 0.25) is 0 Å². The SMILES string of the molecule is Fc1ccccc1-c1nnc2ccc(NCC3(N4CCCCC4)CCOCC3)nn12. The number of anilines is 1. The number of likely N-dealkylation sites (tertiary alicyclic amines) is 1. The molecule has 2 fully saturated rings. The first-order valence-electron chi connectivity index (χ1n) is 10.8. The molecule has 0 radical (unpaired) electrons. The fraction of sp³-hybridized carbons (Fsp3) is 0.500. The minimum atomic E-state index is -0.335. The maximum absolute atomic E-state index is 14.3. The van der Waals surface area contributed by atoms with E-state index in [-0.39, 0.29) is 11.4 Å². The predicted molar refractivity (Wildman–Crippen MR) is 113 cm³/mol. The molecule has 0 saturated carbocycles. The van der Waals surface area contributed by atoms with Crippen LogP contribution in [-0.4, -0.2) is 63.1 Å². The van der Waals surface area contributed by atoms with Crippen LogP contribution >= 0.6 is 0 Å². The van der Waals surface area contributed by atoms with E-state index < -0.39 is 0 Å². The molecule has 4 heterocycles. The van der Waals surface area contributed by atoms with Crippen molar-refractivity contribution in [1.29, 1.82) is 0 Å². The van der Waals surface area contributed by atoms with E-state index in [1.54, 1.807) is 22.7 Å². The standard InChI is InChI=1S/C22H27FN6O/c23-18-7-3-2-6-17(18)21-26-25-20-9-8-19(27-29(20)21)24-16-22(10-14-30-15-11-22)28-12-4-1-5-13-28/h2-3,6-9H,1,4-5,10-16H2,(H,24,27). The molecule has 2 aliphatic rings. The summed E-state index contributed by atoms with van der Waals surface area (Å²) in [4.78, 5) is 2.65. The van der Waals surface area contributed by atoms with Gasteiger partial charge in [0, 0.05) is 25.3 Å². The second-order valence-electron chi connectivity index (χ2n) is 8.23. The van der Waals surface area contributed by atoms with Crippen LogP contribution in [0.5, 0.6) is 0 Å². The predicted octanol–water partition coefficient (Wildman–Crippen LogP) is 3.38. The van der Waals surface area contributed by atoms with Gasteiger partial charge in [-0.3, -0.25) is 4.90 Å². The highest BCUT2D eigenvalue weighted by Gasteiger charge is 2.38. The van der Waals surface area contributed by atoms with Gasteiger partial charge in [-0.05, 0) is 63.0 Å². The van der Waals surface area contributed by atoms with Crippen LogP contribution in [0.25, 0.3) is 17.0 Å². The molecule has 5 rings (SSSR count). The average molecular weight is 410 g/mol. The smallest absolute Gasteiger partial charge is 0.188 e. The Balaban J connectivity index is 1.41. The third-order valence-corrected chi connectivity index (χ3v) is 6.43. The lowest BCUT2D eigenvalue weighted by atomic mass is 9.86. The number of hydrogen-bond acceptors (Lipinski definition) is 6. The summed E-state index contributed by atoms with van der Waals surface area (Å²) in [5, 5.41) is 16.5. The van der Waals surface area contributed by atoms with Crippen molar-refractivity contribution in [2.24, 2.45) is 0 Å². The summed E-state index contributed by atoms with van der Waals surface area (Å²) in [6.45, 7) is 4.71. The van der Waals surface area contributed by atoms with Crippen molar-refractivity contribution in [3.05, 3.63) is 42.2 Å². The third-order valence-electron chi connectivity index (χ3n) is 6.43. The first kappa shape index (κ1) is 19.4. The van der Waals surface area contributed by atoms with Gasteiger partial charge in [0.25, 0.3) is 0 Å². The van der Waals surface area contributed by atoms with E-state index in [9.17, 15) is 4.39 Å². The molecule has 2 saturated heterocycles. The minimum absolute atomic E-state index is 0.0941. The Morgan fingerprint density at radius 3 is 2.60 bits per heavy atom. The Hall–Kier alpha value is -2.58. The number of aromatic nitrogens is 4. The Morgan fingerprint density at radius 1 is 1.00 bits per heavy atom. The Bertz CT molecular complexity index is 1010. The first-order valence-corrected chi connectivity index (χ1v) is 10.8. The highest BCUT2D eigenvalue weighted by Crippen LogP contribution is 2.31. The molecule has 1 N–H and O–H groups in total. The summed E-state index contributed by atoms with van der Waals surface area (Å²) >= 11 is 0. The van der Waals surface area contributed by atoms with Gasteiger partial charge in [-0.1, -0.05) is 18.6 Å². The fourth-order valence-corrected chi connectivity index (χ4v) is 4.67. The number of halogens is 1. The van der Waals surface area contributed by atoms with Gasteiger partial charge < -0.3 is 10.1 Å². The lowest BCUT2D eigenvalue weighted by Crippen LogP contribution is -2.57. The lowest BCUT2D eigenvalue weighted by Gasteiger charge is -2.48. The number of nitrogens with zero attached hydrogens (tertiary/aromatic N) is 5. The topological polar surface area (TPSA) is 67.6 Å².